The predicted molar refractivity (Wildman–Crippen MR) is 349 cm³/mol. The van der Waals surface area contributed by atoms with Crippen molar-refractivity contribution in [3.63, 3.8) is 0 Å². The molecule has 0 bridgehead atoms. The van der Waals surface area contributed by atoms with Crippen LogP contribution in [0.15, 0.2) is 164 Å². The standard InChI is InChI=1S/C75H80BN3S/c1-70(2,3)47-22-30-52(31-23-47)77(53-32-24-48(25-33-53)71(4,5)6)56-45-64-67-65(46-56)79(54-34-26-49(27-35-54)72(7,8)9)68-59-42-50(73(10,11)12)29-39-66(59)80-69(68)76(67)62-38-28-51(74(13,14)15)43-63(62)78(64)55-36-37-58-57-20-16-17-21-60(57)75(61(58)44-55)40-18-19-41-75/h16-17,20-39,42-46H,18-19,40-41H2,1-15H3. The Hall–Kier alpha value is -6.82. The molecular formula is C75H80BN3S. The van der Waals surface area contributed by atoms with Crippen molar-refractivity contribution in [2.24, 2.45) is 0 Å². The molecule has 404 valence electrons. The van der Waals surface area contributed by atoms with E-state index in [-0.39, 0.29) is 39.2 Å². The van der Waals surface area contributed by atoms with Crippen molar-refractivity contribution in [3.8, 4) is 11.1 Å². The van der Waals surface area contributed by atoms with Crippen LogP contribution in [0.4, 0.5) is 51.2 Å². The summed E-state index contributed by atoms with van der Waals surface area (Å²) >= 11 is 2.00. The summed E-state index contributed by atoms with van der Waals surface area (Å²) < 4.78 is 2.72. The average molecular weight is 1070 g/mol. The smallest absolute Gasteiger partial charge is 0.264 e. The maximum Gasteiger partial charge on any atom is 0.264 e. The van der Waals surface area contributed by atoms with Gasteiger partial charge < -0.3 is 14.7 Å². The van der Waals surface area contributed by atoms with Gasteiger partial charge in [0.2, 0.25) is 0 Å². The van der Waals surface area contributed by atoms with Crippen LogP contribution in [0, 0.1) is 0 Å². The molecule has 3 heterocycles. The van der Waals surface area contributed by atoms with E-state index in [9.17, 15) is 0 Å². The topological polar surface area (TPSA) is 9.72 Å². The zero-order valence-electron chi connectivity index (χ0n) is 50.2. The first-order chi connectivity index (χ1) is 37.8. The predicted octanol–water partition coefficient (Wildman–Crippen LogP) is 19.8. The molecule has 9 aromatic rings. The van der Waals surface area contributed by atoms with Crippen LogP contribution in [-0.4, -0.2) is 6.71 Å². The first-order valence-electron chi connectivity index (χ1n) is 29.7. The number of hydrogen-bond acceptors (Lipinski definition) is 4. The summed E-state index contributed by atoms with van der Waals surface area (Å²) in [5, 5.41) is 1.32. The Morgan fingerprint density at radius 1 is 0.425 bits per heavy atom. The van der Waals surface area contributed by atoms with Crippen molar-refractivity contribution in [2.45, 2.75) is 162 Å². The Labute approximate surface area is 482 Å². The lowest BCUT2D eigenvalue weighted by Gasteiger charge is -2.44. The molecule has 0 amide bonds. The second-order valence-electron chi connectivity index (χ2n) is 29.1. The number of benzene rings is 8. The maximum absolute atomic E-state index is 2.70. The van der Waals surface area contributed by atoms with Gasteiger partial charge in [0.15, 0.2) is 0 Å². The fourth-order valence-corrected chi connectivity index (χ4v) is 15.2. The Balaban J connectivity index is 1.16. The largest absolute Gasteiger partial charge is 0.311 e. The number of nitrogens with zero attached hydrogens (tertiary/aromatic N) is 3. The second kappa shape index (κ2) is 18.1. The molecular weight excluding hydrogens is 986 g/mol. The minimum atomic E-state index is -0.0780. The molecule has 1 aromatic heterocycles. The summed E-state index contributed by atoms with van der Waals surface area (Å²) in [6.07, 6.45) is 4.87. The molecule has 0 saturated heterocycles. The van der Waals surface area contributed by atoms with Crippen molar-refractivity contribution in [3.05, 3.63) is 203 Å². The average Bonchev–Trinajstić information content (AvgIpc) is 3.84. The molecule has 5 heteroatoms. The summed E-state index contributed by atoms with van der Waals surface area (Å²) in [7, 11) is 0. The van der Waals surface area contributed by atoms with Gasteiger partial charge in [-0.1, -0.05) is 202 Å². The van der Waals surface area contributed by atoms with Crippen LogP contribution in [0.5, 0.6) is 0 Å². The third kappa shape index (κ3) is 8.41. The van der Waals surface area contributed by atoms with E-state index in [0.29, 0.717) is 0 Å². The van der Waals surface area contributed by atoms with Gasteiger partial charge >= 0.3 is 0 Å². The van der Waals surface area contributed by atoms with Gasteiger partial charge in [0.05, 0.1) is 11.4 Å². The van der Waals surface area contributed by atoms with Crippen LogP contribution in [-0.2, 0) is 32.5 Å². The van der Waals surface area contributed by atoms with Gasteiger partial charge in [-0.05, 0) is 180 Å². The van der Waals surface area contributed by atoms with Crippen molar-refractivity contribution in [1.82, 2.24) is 0 Å². The molecule has 3 nitrogen and oxygen atoms in total. The van der Waals surface area contributed by atoms with Crippen LogP contribution in [0.3, 0.4) is 0 Å². The number of hydrogen-bond donors (Lipinski definition) is 0. The zero-order chi connectivity index (χ0) is 56.2. The minimum Gasteiger partial charge on any atom is -0.311 e. The molecule has 2 aliphatic carbocycles. The highest BCUT2D eigenvalue weighted by molar-refractivity contribution is 7.33. The summed E-state index contributed by atoms with van der Waals surface area (Å²) in [6.45, 7) is 35.0. The molecule has 8 aromatic carbocycles. The monoisotopic (exact) mass is 1070 g/mol. The molecule has 2 aliphatic heterocycles. The zero-order valence-corrected chi connectivity index (χ0v) is 51.1. The molecule has 4 aliphatic rings. The van der Waals surface area contributed by atoms with Gasteiger partial charge in [-0.2, -0.15) is 0 Å². The SMILES string of the molecule is CC(C)(C)c1ccc(N(c2ccc(C(C)(C)C)cc2)c2cc3c4c(c2)N(c2ccc(C(C)(C)C)cc2)c2c(sc5ccc(C(C)(C)C)cc25)B4c2ccc(C(C)(C)C)cc2N3c2ccc3c(c2)C2(CCCC2)c2ccccc2-3)cc1. The van der Waals surface area contributed by atoms with Crippen molar-refractivity contribution >= 4 is 95.0 Å². The Morgan fingerprint density at radius 3 is 1.49 bits per heavy atom. The fraction of sp³-hybridized carbons (Fsp3) is 0.333. The Kier molecular flexibility index (Phi) is 11.9. The van der Waals surface area contributed by atoms with Gasteiger partial charge in [-0.3, -0.25) is 0 Å². The minimum absolute atomic E-state index is 0.00244. The lowest BCUT2D eigenvalue weighted by Crippen LogP contribution is -2.60. The lowest BCUT2D eigenvalue weighted by atomic mass is 9.36. The summed E-state index contributed by atoms with van der Waals surface area (Å²) in [4.78, 5) is 7.92. The number of anilines is 9. The highest BCUT2D eigenvalue weighted by atomic mass is 32.1. The molecule has 0 atom stereocenters. The van der Waals surface area contributed by atoms with E-state index in [2.05, 4.69) is 282 Å². The van der Waals surface area contributed by atoms with Gasteiger partial charge in [0.1, 0.15) is 0 Å². The van der Waals surface area contributed by atoms with E-state index in [4.69, 9.17) is 0 Å². The van der Waals surface area contributed by atoms with Crippen LogP contribution >= 0.6 is 11.3 Å². The molecule has 0 unspecified atom stereocenters. The molecule has 80 heavy (non-hydrogen) atoms. The fourth-order valence-electron chi connectivity index (χ4n) is 14.0. The van der Waals surface area contributed by atoms with E-state index in [1.54, 1.807) is 0 Å². The van der Waals surface area contributed by atoms with E-state index in [1.807, 2.05) is 11.3 Å². The van der Waals surface area contributed by atoms with Crippen LogP contribution in [0.1, 0.15) is 168 Å². The summed E-state index contributed by atoms with van der Waals surface area (Å²) in [5.74, 6) is 0. The van der Waals surface area contributed by atoms with E-state index in [1.165, 1.54) is 136 Å². The van der Waals surface area contributed by atoms with Gasteiger partial charge in [0.25, 0.3) is 6.71 Å². The van der Waals surface area contributed by atoms with E-state index in [0.717, 1.165) is 17.1 Å². The molecule has 0 radical (unpaired) electrons. The first kappa shape index (κ1) is 52.6. The van der Waals surface area contributed by atoms with E-state index >= 15 is 0 Å². The van der Waals surface area contributed by atoms with Crippen molar-refractivity contribution in [2.75, 3.05) is 14.7 Å². The molecule has 1 spiro atoms. The third-order valence-corrected chi connectivity index (χ3v) is 19.8. The lowest BCUT2D eigenvalue weighted by molar-refractivity contribution is 0.550. The summed E-state index contributed by atoms with van der Waals surface area (Å²) in [5.41, 5.74) is 25.9. The quantitative estimate of drug-likeness (QED) is 0.159. The first-order valence-corrected chi connectivity index (χ1v) is 30.5. The Morgan fingerprint density at radius 2 is 0.912 bits per heavy atom. The normalized spacial score (nSPS) is 15.5. The van der Waals surface area contributed by atoms with Crippen LogP contribution in [0.25, 0.3) is 21.2 Å². The molecule has 1 saturated carbocycles. The molecule has 1 fully saturated rings. The third-order valence-electron chi connectivity index (χ3n) is 18.6. The Bertz CT molecular complexity index is 3850. The molecule has 13 rings (SSSR count). The van der Waals surface area contributed by atoms with Gasteiger partial charge in [-0.25, -0.2) is 0 Å². The summed E-state index contributed by atoms with van der Waals surface area (Å²) in [6, 6.07) is 65.2. The van der Waals surface area contributed by atoms with Crippen molar-refractivity contribution < 1.29 is 0 Å². The highest BCUT2D eigenvalue weighted by Crippen LogP contribution is 2.59. The van der Waals surface area contributed by atoms with Crippen LogP contribution in [0.2, 0.25) is 0 Å². The van der Waals surface area contributed by atoms with Gasteiger partial charge in [0, 0.05) is 60.1 Å². The highest BCUT2D eigenvalue weighted by Gasteiger charge is 2.49. The number of thiophene rings is 1. The van der Waals surface area contributed by atoms with E-state index < -0.39 is 0 Å². The van der Waals surface area contributed by atoms with Gasteiger partial charge in [-0.15, -0.1) is 11.3 Å². The second-order valence-corrected chi connectivity index (χ2v) is 30.2. The maximum atomic E-state index is 2.70. The van der Waals surface area contributed by atoms with Crippen molar-refractivity contribution in [1.29, 1.82) is 0 Å². The molecule has 0 N–H and O–H groups in total. The number of fused-ring (bicyclic) bond motifs is 11. The van der Waals surface area contributed by atoms with Crippen LogP contribution < -0.4 is 30.4 Å². The number of rotatable bonds is 5.